The van der Waals surface area contributed by atoms with Gasteiger partial charge in [0.15, 0.2) is 5.82 Å². The van der Waals surface area contributed by atoms with E-state index in [-0.39, 0.29) is 10.9 Å². The van der Waals surface area contributed by atoms with Crippen LogP contribution in [0.4, 0.5) is 0 Å². The van der Waals surface area contributed by atoms with Gasteiger partial charge in [0.25, 0.3) is 5.89 Å². The maximum Gasteiger partial charge on any atom is 0.257 e. The van der Waals surface area contributed by atoms with Gasteiger partial charge in [0.05, 0.1) is 4.90 Å². The van der Waals surface area contributed by atoms with E-state index in [0.717, 1.165) is 0 Å². The van der Waals surface area contributed by atoms with Gasteiger partial charge in [0, 0.05) is 18.0 Å². The summed E-state index contributed by atoms with van der Waals surface area (Å²) in [5.74, 6) is 0.987. The zero-order valence-electron chi connectivity index (χ0n) is 12.1. The summed E-state index contributed by atoms with van der Waals surface area (Å²) in [6.45, 7) is 2.02. The van der Waals surface area contributed by atoms with Crippen LogP contribution in [0.15, 0.2) is 33.7 Å². The first kappa shape index (κ1) is 15.6. The quantitative estimate of drug-likeness (QED) is 0.819. The van der Waals surface area contributed by atoms with E-state index >= 15 is 0 Å². The second-order valence-corrected chi connectivity index (χ2v) is 6.53. The molecule has 21 heavy (non-hydrogen) atoms. The molecule has 8 heteroatoms. The minimum atomic E-state index is -3.44. The molecule has 0 aliphatic carbocycles. The van der Waals surface area contributed by atoms with Crippen LogP contribution in [0, 0.1) is 0 Å². The molecule has 0 fully saturated rings. The van der Waals surface area contributed by atoms with E-state index in [1.165, 1.54) is 19.2 Å². The Morgan fingerprint density at radius 3 is 2.48 bits per heavy atom. The molecule has 1 heterocycles. The highest BCUT2D eigenvalue weighted by Crippen LogP contribution is 2.19. The van der Waals surface area contributed by atoms with Crippen LogP contribution in [-0.4, -0.2) is 38.7 Å². The minimum absolute atomic E-state index is 0.192. The number of likely N-dealkylation sites (N-methyl/N-ethyl adjacent to an activating group) is 1. The molecule has 0 aliphatic heterocycles. The second kappa shape index (κ2) is 6.33. The van der Waals surface area contributed by atoms with Crippen LogP contribution in [0.5, 0.6) is 0 Å². The van der Waals surface area contributed by atoms with Crippen LogP contribution in [0.25, 0.3) is 11.5 Å². The van der Waals surface area contributed by atoms with Crippen molar-refractivity contribution in [2.75, 3.05) is 14.1 Å². The Labute approximate surface area is 123 Å². The van der Waals surface area contributed by atoms with Crippen LogP contribution in [0.2, 0.25) is 0 Å². The summed E-state index contributed by atoms with van der Waals surface area (Å²) < 4.78 is 30.7. The molecular formula is C13H18N4O3S. The lowest BCUT2D eigenvalue weighted by Gasteiger charge is -2.04. The van der Waals surface area contributed by atoms with Crippen molar-refractivity contribution >= 4 is 10.0 Å². The van der Waals surface area contributed by atoms with E-state index in [2.05, 4.69) is 20.2 Å². The highest BCUT2D eigenvalue weighted by molar-refractivity contribution is 7.89. The van der Waals surface area contributed by atoms with Crippen molar-refractivity contribution < 1.29 is 12.9 Å². The van der Waals surface area contributed by atoms with E-state index in [0.29, 0.717) is 23.7 Å². The second-order valence-electron chi connectivity index (χ2n) is 4.64. The maximum absolute atomic E-state index is 11.6. The van der Waals surface area contributed by atoms with Crippen LogP contribution in [0.3, 0.4) is 0 Å². The molecular weight excluding hydrogens is 292 g/mol. The summed E-state index contributed by atoms with van der Waals surface area (Å²) in [7, 11) is -0.197. The summed E-state index contributed by atoms with van der Waals surface area (Å²) >= 11 is 0. The van der Waals surface area contributed by atoms with E-state index in [1.54, 1.807) is 12.1 Å². The maximum atomic E-state index is 11.6. The summed E-state index contributed by atoms with van der Waals surface area (Å²) in [6, 6.07) is 6.53. The van der Waals surface area contributed by atoms with Crippen molar-refractivity contribution in [2.45, 2.75) is 24.3 Å². The fraction of sp³-hybridized carbons (Fsp3) is 0.385. The molecule has 0 aliphatic rings. The molecule has 2 aromatic rings. The Balaban J connectivity index is 2.20. The molecule has 1 aromatic carbocycles. The molecule has 0 spiro atoms. The number of rotatable bonds is 6. The molecule has 7 nitrogen and oxygen atoms in total. The van der Waals surface area contributed by atoms with Gasteiger partial charge in [-0.1, -0.05) is 5.16 Å². The van der Waals surface area contributed by atoms with Crippen LogP contribution < -0.4 is 10.0 Å². The molecule has 1 aromatic heterocycles. The normalized spacial score (nSPS) is 13.3. The number of hydrogen-bond acceptors (Lipinski definition) is 6. The lowest BCUT2D eigenvalue weighted by atomic mass is 10.2. The molecule has 2 rings (SSSR count). The largest absolute Gasteiger partial charge is 0.334 e. The SMILES string of the molecule is CNC(C)Cc1noc(-c2ccc(S(=O)(=O)NC)cc2)n1. The predicted octanol–water partition coefficient (Wildman–Crippen LogP) is 0.795. The summed E-state index contributed by atoms with van der Waals surface area (Å²) in [6.07, 6.45) is 0.659. The third kappa shape index (κ3) is 3.66. The van der Waals surface area contributed by atoms with Gasteiger partial charge in [-0.15, -0.1) is 0 Å². The minimum Gasteiger partial charge on any atom is -0.334 e. The monoisotopic (exact) mass is 310 g/mol. The fourth-order valence-electron chi connectivity index (χ4n) is 1.72. The molecule has 0 saturated heterocycles. The van der Waals surface area contributed by atoms with Gasteiger partial charge in [-0.05, 0) is 45.3 Å². The van der Waals surface area contributed by atoms with E-state index < -0.39 is 10.0 Å². The molecule has 1 unspecified atom stereocenters. The van der Waals surface area contributed by atoms with Gasteiger partial charge in [-0.3, -0.25) is 0 Å². The number of nitrogens with zero attached hydrogens (tertiary/aromatic N) is 2. The number of benzene rings is 1. The molecule has 0 saturated carbocycles. The summed E-state index contributed by atoms with van der Waals surface area (Å²) in [4.78, 5) is 4.49. The van der Waals surface area contributed by atoms with E-state index in [1.807, 2.05) is 14.0 Å². The van der Waals surface area contributed by atoms with Crippen molar-refractivity contribution in [2.24, 2.45) is 0 Å². The van der Waals surface area contributed by atoms with Gasteiger partial charge in [-0.25, -0.2) is 13.1 Å². The van der Waals surface area contributed by atoms with Crippen molar-refractivity contribution in [1.29, 1.82) is 0 Å². The number of nitrogens with one attached hydrogen (secondary N) is 2. The number of hydrogen-bond donors (Lipinski definition) is 2. The van der Waals surface area contributed by atoms with Crippen LogP contribution >= 0.6 is 0 Å². The van der Waals surface area contributed by atoms with Gasteiger partial charge in [0.2, 0.25) is 10.0 Å². The Morgan fingerprint density at radius 1 is 1.24 bits per heavy atom. The van der Waals surface area contributed by atoms with Crippen molar-refractivity contribution in [3.05, 3.63) is 30.1 Å². The predicted molar refractivity (Wildman–Crippen MR) is 78.2 cm³/mol. The summed E-state index contributed by atoms with van der Waals surface area (Å²) in [5, 5.41) is 7.01. The first-order valence-corrected chi connectivity index (χ1v) is 7.98. The zero-order chi connectivity index (χ0) is 15.5. The smallest absolute Gasteiger partial charge is 0.257 e. The average Bonchev–Trinajstić information content (AvgIpc) is 2.95. The molecule has 0 radical (unpaired) electrons. The number of sulfonamides is 1. The Morgan fingerprint density at radius 2 is 1.90 bits per heavy atom. The standard InChI is InChI=1S/C13H18N4O3S/c1-9(14-2)8-12-16-13(20-17-12)10-4-6-11(7-5-10)21(18,19)15-3/h4-7,9,14-15H,8H2,1-3H3. The van der Waals surface area contributed by atoms with E-state index in [9.17, 15) is 8.42 Å². The number of aromatic nitrogens is 2. The average molecular weight is 310 g/mol. The van der Waals surface area contributed by atoms with Gasteiger partial charge < -0.3 is 9.84 Å². The first-order valence-electron chi connectivity index (χ1n) is 6.50. The molecule has 0 amide bonds. The highest BCUT2D eigenvalue weighted by atomic mass is 32.2. The van der Waals surface area contributed by atoms with Crippen molar-refractivity contribution in [1.82, 2.24) is 20.2 Å². The Kier molecular flexibility index (Phi) is 4.71. The van der Waals surface area contributed by atoms with Crippen LogP contribution in [0.1, 0.15) is 12.7 Å². The fourth-order valence-corrected chi connectivity index (χ4v) is 2.45. The van der Waals surface area contributed by atoms with Crippen molar-refractivity contribution in [3.8, 4) is 11.5 Å². The van der Waals surface area contributed by atoms with Crippen LogP contribution in [-0.2, 0) is 16.4 Å². The topological polar surface area (TPSA) is 97.1 Å². The molecule has 1 atom stereocenters. The third-order valence-corrected chi connectivity index (χ3v) is 4.56. The third-order valence-electron chi connectivity index (χ3n) is 3.13. The lowest BCUT2D eigenvalue weighted by molar-refractivity contribution is 0.418. The Hall–Kier alpha value is -1.77. The summed E-state index contributed by atoms with van der Waals surface area (Å²) in [5.41, 5.74) is 0.681. The zero-order valence-corrected chi connectivity index (χ0v) is 12.9. The molecule has 0 bridgehead atoms. The van der Waals surface area contributed by atoms with Gasteiger partial charge in [-0.2, -0.15) is 4.98 Å². The lowest BCUT2D eigenvalue weighted by Crippen LogP contribution is -2.24. The van der Waals surface area contributed by atoms with E-state index in [4.69, 9.17) is 4.52 Å². The molecule has 2 N–H and O–H groups in total. The molecule has 114 valence electrons. The Bertz CT molecular complexity index is 694. The van der Waals surface area contributed by atoms with Gasteiger partial charge >= 0.3 is 0 Å². The first-order chi connectivity index (χ1) is 9.96. The highest BCUT2D eigenvalue weighted by Gasteiger charge is 2.14. The van der Waals surface area contributed by atoms with Crippen molar-refractivity contribution in [3.63, 3.8) is 0 Å². The van der Waals surface area contributed by atoms with Gasteiger partial charge in [0.1, 0.15) is 0 Å².